The second kappa shape index (κ2) is 16.5. The van der Waals surface area contributed by atoms with E-state index in [2.05, 4.69) is 58.5 Å². The van der Waals surface area contributed by atoms with Crippen molar-refractivity contribution >= 4 is 41.3 Å². The van der Waals surface area contributed by atoms with E-state index in [4.69, 9.17) is 14.2 Å². The summed E-state index contributed by atoms with van der Waals surface area (Å²) in [7, 11) is 0. The molecule has 5 aromatic rings. The van der Waals surface area contributed by atoms with E-state index in [9.17, 15) is 5.11 Å². The van der Waals surface area contributed by atoms with Gasteiger partial charge in [0, 0.05) is 79.7 Å². The summed E-state index contributed by atoms with van der Waals surface area (Å²) in [5.74, 6) is 1.04. The molecule has 1 saturated heterocycles. The topological polar surface area (TPSA) is 100.0 Å². The predicted molar refractivity (Wildman–Crippen MR) is 234 cm³/mol. The highest BCUT2D eigenvalue weighted by atomic mass is 35.5. The molecule has 1 N–H and O–H groups in total. The minimum atomic E-state index is -0.159. The highest BCUT2D eigenvalue weighted by molar-refractivity contribution is 6.13. The van der Waals surface area contributed by atoms with E-state index >= 15 is 9.59 Å². The third kappa shape index (κ3) is 7.26. The molecular formula is C48H52ClN5O6. The lowest BCUT2D eigenvalue weighted by Crippen LogP contribution is -2.52. The average Bonchev–Trinajstić information content (AvgIpc) is 4.01. The summed E-state index contributed by atoms with van der Waals surface area (Å²) in [6, 6.07) is 27.7. The van der Waals surface area contributed by atoms with Crippen LogP contribution in [0.25, 0.3) is 11.3 Å². The van der Waals surface area contributed by atoms with Crippen molar-refractivity contribution < 1.29 is 28.9 Å². The van der Waals surface area contributed by atoms with Crippen LogP contribution in [0.5, 0.6) is 17.2 Å². The Morgan fingerprint density at radius 3 is 2.33 bits per heavy atom. The first-order valence-electron chi connectivity index (χ1n) is 21.2. The van der Waals surface area contributed by atoms with Gasteiger partial charge in [0.05, 0.1) is 30.0 Å². The Bertz CT molecular complexity index is 2420. The number of nitrogens with zero attached hydrogens (tertiary/aromatic N) is 5. The summed E-state index contributed by atoms with van der Waals surface area (Å²) >= 11 is 0. The summed E-state index contributed by atoms with van der Waals surface area (Å²) in [4.78, 5) is 39.3. The first-order chi connectivity index (χ1) is 28.8. The molecule has 6 heterocycles. The fraction of sp³-hybridized carbons (Fsp3) is 0.375. The summed E-state index contributed by atoms with van der Waals surface area (Å²) in [5.41, 5.74) is 9.92. The number of fused-ring (bicyclic) bond motifs is 4. The average molecular weight is 830 g/mol. The van der Waals surface area contributed by atoms with E-state index in [1.807, 2.05) is 35.2 Å². The number of hydrogen-bond donors (Lipinski definition) is 1. The minimum absolute atomic E-state index is 0. The number of ether oxygens (including phenoxy) is 3. The molecule has 0 spiro atoms. The Labute approximate surface area is 357 Å². The molecule has 0 radical (unpaired) electrons. The molecule has 4 aromatic carbocycles. The molecule has 0 saturated carbocycles. The summed E-state index contributed by atoms with van der Waals surface area (Å²) in [6.07, 6.45) is 4.37. The van der Waals surface area contributed by atoms with Gasteiger partial charge in [-0.25, -0.2) is 0 Å². The van der Waals surface area contributed by atoms with Crippen LogP contribution in [-0.2, 0) is 37.1 Å². The molecule has 0 unspecified atom stereocenters. The zero-order valence-electron chi connectivity index (χ0n) is 34.3. The quantitative estimate of drug-likeness (QED) is 0.168. The smallest absolute Gasteiger partial charge is 0.264 e. The Morgan fingerprint density at radius 1 is 0.800 bits per heavy atom. The Hall–Kier alpha value is -5.49. The van der Waals surface area contributed by atoms with E-state index in [-0.39, 0.29) is 42.8 Å². The van der Waals surface area contributed by atoms with Gasteiger partial charge in [-0.15, -0.1) is 12.4 Å². The maximum absolute atomic E-state index is 15.4. The number of halogens is 1. The van der Waals surface area contributed by atoms with Gasteiger partial charge in [0.2, 0.25) is 6.79 Å². The zero-order chi connectivity index (χ0) is 40.2. The molecule has 5 aliphatic rings. The predicted octanol–water partition coefficient (Wildman–Crippen LogP) is 8.00. The van der Waals surface area contributed by atoms with Crippen LogP contribution in [0.1, 0.15) is 69.8 Å². The number of amides is 2. The molecule has 0 aliphatic carbocycles. The second-order valence-corrected chi connectivity index (χ2v) is 16.7. The Kier molecular flexibility index (Phi) is 11.0. The fourth-order valence-corrected chi connectivity index (χ4v) is 9.81. The van der Waals surface area contributed by atoms with Gasteiger partial charge in [0.15, 0.2) is 11.5 Å². The highest BCUT2D eigenvalue weighted by Crippen LogP contribution is 2.44. The number of hydrogen-bond acceptors (Lipinski definition) is 8. The van der Waals surface area contributed by atoms with Gasteiger partial charge < -0.3 is 33.7 Å². The van der Waals surface area contributed by atoms with Crippen molar-refractivity contribution in [1.82, 2.24) is 14.4 Å². The molecule has 312 valence electrons. The molecule has 0 bridgehead atoms. The molecule has 10 rings (SSSR count). The molecule has 12 heteroatoms. The number of morpholine rings is 1. The third-order valence-corrected chi connectivity index (χ3v) is 12.9. The van der Waals surface area contributed by atoms with Crippen molar-refractivity contribution in [2.24, 2.45) is 0 Å². The van der Waals surface area contributed by atoms with E-state index in [0.717, 1.165) is 98.7 Å². The lowest BCUT2D eigenvalue weighted by atomic mass is 9.92. The number of benzene rings is 4. The normalized spacial score (nSPS) is 18.1. The van der Waals surface area contributed by atoms with Gasteiger partial charge in [-0.2, -0.15) is 0 Å². The monoisotopic (exact) mass is 829 g/mol. The van der Waals surface area contributed by atoms with Crippen molar-refractivity contribution in [1.29, 1.82) is 0 Å². The first-order valence-corrected chi connectivity index (χ1v) is 21.2. The van der Waals surface area contributed by atoms with Gasteiger partial charge in [-0.3, -0.25) is 19.4 Å². The van der Waals surface area contributed by atoms with Gasteiger partial charge >= 0.3 is 0 Å². The summed E-state index contributed by atoms with van der Waals surface area (Å²) in [5, 5.41) is 10.3. The number of phenols is 1. The molecule has 5 aliphatic heterocycles. The third-order valence-electron chi connectivity index (χ3n) is 12.9. The number of carbonyl (C=O) groups excluding carboxylic acids is 2. The molecular weight excluding hydrogens is 778 g/mol. The van der Waals surface area contributed by atoms with E-state index in [1.165, 1.54) is 11.1 Å². The standard InChI is InChI=1S/C48H51N5O6.ClH/c1-31(2)50-18-16-32-10-11-36(24-43(32)50)53(35-12-14-38(54)15-13-35)48(56)41-25-44(51-17-6-5-9-42(41)51)39-26-45-46(59-30-58-45)27-40(39)47(55)52-28-34-8-4-3-7-33(34)23-37(52)29-49-19-21-57-22-20-49;/h3-4,7-8,10-15,24-27,31,37,54H,5-6,9,16-23,28-30H2,1-2H3;1H/t37-;/m0./s1. The Morgan fingerprint density at radius 2 is 1.55 bits per heavy atom. The summed E-state index contributed by atoms with van der Waals surface area (Å²) in [6.45, 7) is 10.5. The van der Waals surface area contributed by atoms with Gasteiger partial charge in [0.25, 0.3) is 11.8 Å². The number of carbonyl (C=O) groups is 2. The van der Waals surface area contributed by atoms with Crippen molar-refractivity contribution in [3.63, 3.8) is 0 Å². The van der Waals surface area contributed by atoms with Crippen molar-refractivity contribution in [2.45, 2.75) is 71.1 Å². The van der Waals surface area contributed by atoms with E-state index in [1.54, 1.807) is 29.2 Å². The zero-order valence-corrected chi connectivity index (χ0v) is 35.1. The molecule has 11 nitrogen and oxygen atoms in total. The maximum atomic E-state index is 15.4. The SMILES string of the molecule is CC(C)N1CCc2ccc(N(C(=O)c3cc(-c4cc5c(cc4C(=O)N4Cc6ccccc6C[C@H]4CN4CCOCC4)OCO5)n4c3CCCC4)c3ccc(O)cc3)cc21.Cl. The van der Waals surface area contributed by atoms with Crippen LogP contribution in [-0.4, -0.2) is 89.6 Å². The van der Waals surface area contributed by atoms with Gasteiger partial charge in [-0.1, -0.05) is 30.3 Å². The lowest BCUT2D eigenvalue weighted by Gasteiger charge is -2.40. The number of rotatable bonds is 8. The van der Waals surface area contributed by atoms with Crippen LogP contribution >= 0.6 is 12.4 Å². The number of phenolic OH excluding ortho intramolecular Hbond substituents is 1. The maximum Gasteiger partial charge on any atom is 0.264 e. The molecule has 2 amide bonds. The first kappa shape index (κ1) is 39.9. The molecule has 1 fully saturated rings. The number of aromatic nitrogens is 1. The van der Waals surface area contributed by atoms with Crippen molar-refractivity contribution in [2.75, 3.05) is 56.0 Å². The van der Waals surface area contributed by atoms with Crippen LogP contribution in [0.4, 0.5) is 17.1 Å². The van der Waals surface area contributed by atoms with Crippen molar-refractivity contribution in [3.8, 4) is 28.5 Å². The van der Waals surface area contributed by atoms with Crippen molar-refractivity contribution in [3.05, 3.63) is 118 Å². The largest absolute Gasteiger partial charge is 0.508 e. The van der Waals surface area contributed by atoms with E-state index < -0.39 is 0 Å². The second-order valence-electron chi connectivity index (χ2n) is 16.7. The highest BCUT2D eigenvalue weighted by Gasteiger charge is 2.36. The van der Waals surface area contributed by atoms with E-state index in [0.29, 0.717) is 54.1 Å². The molecule has 60 heavy (non-hydrogen) atoms. The lowest BCUT2D eigenvalue weighted by molar-refractivity contribution is 0.0193. The Balaban J connectivity index is 0.00000462. The van der Waals surface area contributed by atoms with Crippen LogP contribution in [0.2, 0.25) is 0 Å². The van der Waals surface area contributed by atoms with Gasteiger partial charge in [0.1, 0.15) is 5.75 Å². The van der Waals surface area contributed by atoms with Gasteiger partial charge in [-0.05, 0) is 117 Å². The summed E-state index contributed by atoms with van der Waals surface area (Å²) < 4.78 is 19.8. The van der Waals surface area contributed by atoms with Crippen LogP contribution in [0.3, 0.4) is 0 Å². The number of anilines is 3. The number of aromatic hydroxyl groups is 1. The fourth-order valence-electron chi connectivity index (χ4n) is 9.81. The molecule has 1 atom stereocenters. The minimum Gasteiger partial charge on any atom is -0.508 e. The van der Waals surface area contributed by atoms with Crippen LogP contribution in [0, 0.1) is 0 Å². The van der Waals surface area contributed by atoms with Crippen LogP contribution < -0.4 is 19.3 Å². The van der Waals surface area contributed by atoms with Crippen LogP contribution in [0.15, 0.2) is 84.9 Å². The molecule has 1 aromatic heterocycles.